The molecule has 9 heteroatoms. The van der Waals surface area contributed by atoms with Crippen LogP contribution >= 0.6 is 11.5 Å². The van der Waals surface area contributed by atoms with Gasteiger partial charge in [0.05, 0.1) is 19.2 Å². The Bertz CT molecular complexity index is 867. The maximum Gasteiger partial charge on any atom is 0.322 e. The second-order valence-corrected chi connectivity index (χ2v) is 7.02. The number of benzene rings is 1. The molecule has 1 aliphatic heterocycles. The minimum Gasteiger partial charge on any atom is -0.374 e. The molecule has 1 atom stereocenters. The van der Waals surface area contributed by atoms with Gasteiger partial charge >= 0.3 is 6.03 Å². The highest BCUT2D eigenvalue weighted by Gasteiger charge is 2.24. The molecule has 1 fully saturated rings. The lowest BCUT2D eigenvalue weighted by Crippen LogP contribution is -2.40. The van der Waals surface area contributed by atoms with Crippen molar-refractivity contribution in [3.63, 3.8) is 0 Å². The number of urea groups is 1. The van der Waals surface area contributed by atoms with Crippen LogP contribution < -0.4 is 5.32 Å². The molecule has 2 amide bonds. The van der Waals surface area contributed by atoms with Crippen molar-refractivity contribution in [1.29, 1.82) is 0 Å². The first-order chi connectivity index (χ1) is 13.3. The number of aromatic nitrogens is 4. The third-order valence-corrected chi connectivity index (χ3v) is 4.98. The van der Waals surface area contributed by atoms with Crippen LogP contribution in [0.25, 0.3) is 11.3 Å². The Kier molecular flexibility index (Phi) is 5.40. The molecule has 1 saturated heterocycles. The van der Waals surface area contributed by atoms with E-state index >= 15 is 0 Å². The second kappa shape index (κ2) is 8.28. The minimum absolute atomic E-state index is 0.0914. The van der Waals surface area contributed by atoms with E-state index in [0.29, 0.717) is 36.9 Å². The average Bonchev–Trinajstić information content (AvgIpc) is 3.31. The number of rotatable bonds is 4. The Morgan fingerprint density at radius 1 is 1.30 bits per heavy atom. The Morgan fingerprint density at radius 3 is 3.00 bits per heavy atom. The van der Waals surface area contributed by atoms with Gasteiger partial charge < -0.3 is 9.64 Å². The van der Waals surface area contributed by atoms with Crippen molar-refractivity contribution in [2.24, 2.45) is 0 Å². The number of carbonyl (C=O) groups excluding carboxylic acids is 1. The summed E-state index contributed by atoms with van der Waals surface area (Å²) in [4.78, 5) is 14.6. The van der Waals surface area contributed by atoms with Crippen LogP contribution in [0.2, 0.25) is 0 Å². The van der Waals surface area contributed by atoms with Gasteiger partial charge in [-0.15, -0.1) is 5.10 Å². The highest BCUT2D eigenvalue weighted by Crippen LogP contribution is 2.28. The summed E-state index contributed by atoms with van der Waals surface area (Å²) < 4.78 is 11.7. The summed E-state index contributed by atoms with van der Waals surface area (Å²) in [6, 6.07) is 11.4. The molecular formula is C18H20N6O2S. The fourth-order valence-electron chi connectivity index (χ4n) is 3.04. The van der Waals surface area contributed by atoms with Crippen molar-refractivity contribution in [2.75, 3.05) is 25.0 Å². The predicted octanol–water partition coefficient (Wildman–Crippen LogP) is 2.72. The molecule has 0 bridgehead atoms. The molecule has 1 aromatic carbocycles. The van der Waals surface area contributed by atoms with Crippen LogP contribution in [-0.2, 0) is 11.3 Å². The maximum absolute atomic E-state index is 12.8. The van der Waals surface area contributed by atoms with Crippen LogP contribution in [0.3, 0.4) is 0 Å². The van der Waals surface area contributed by atoms with Gasteiger partial charge in [-0.3, -0.25) is 10.00 Å². The monoisotopic (exact) mass is 384 g/mol. The first-order valence-corrected chi connectivity index (χ1v) is 9.59. The zero-order valence-electron chi connectivity index (χ0n) is 14.7. The number of anilines is 1. The van der Waals surface area contributed by atoms with Crippen molar-refractivity contribution in [1.82, 2.24) is 24.3 Å². The molecule has 1 N–H and O–H groups in total. The van der Waals surface area contributed by atoms with Crippen LogP contribution in [0.15, 0.2) is 48.8 Å². The zero-order valence-corrected chi connectivity index (χ0v) is 15.5. The number of nitrogens with one attached hydrogen (secondary N) is 1. The third-order valence-electron chi connectivity index (χ3n) is 4.34. The predicted molar refractivity (Wildman–Crippen MR) is 103 cm³/mol. The molecular weight excluding hydrogens is 364 g/mol. The molecule has 0 radical (unpaired) electrons. The van der Waals surface area contributed by atoms with Gasteiger partial charge in [-0.25, -0.2) is 4.79 Å². The molecule has 8 nitrogen and oxygen atoms in total. The molecule has 140 valence electrons. The van der Waals surface area contributed by atoms with Gasteiger partial charge in [-0.05, 0) is 12.5 Å². The number of ether oxygens (including phenoxy) is 1. The van der Waals surface area contributed by atoms with Crippen molar-refractivity contribution in [3.8, 4) is 11.3 Å². The largest absolute Gasteiger partial charge is 0.374 e. The van der Waals surface area contributed by atoms with Crippen molar-refractivity contribution in [3.05, 3.63) is 48.8 Å². The van der Waals surface area contributed by atoms with E-state index in [-0.39, 0.29) is 12.1 Å². The second-order valence-electron chi connectivity index (χ2n) is 6.27. The number of carbonyl (C=O) groups is 1. The number of hydrogen-bond donors (Lipinski definition) is 1. The minimum atomic E-state index is -0.158. The fraction of sp³-hybridized carbons (Fsp3) is 0.333. The lowest BCUT2D eigenvalue weighted by atomic mass is 10.2. The van der Waals surface area contributed by atoms with Gasteiger partial charge in [0.1, 0.15) is 10.7 Å². The van der Waals surface area contributed by atoms with E-state index in [4.69, 9.17) is 4.74 Å². The van der Waals surface area contributed by atoms with E-state index in [1.165, 1.54) is 11.5 Å². The summed E-state index contributed by atoms with van der Waals surface area (Å²) in [5, 5.41) is 12.0. The molecule has 0 aliphatic carbocycles. The Balaban J connectivity index is 1.44. The van der Waals surface area contributed by atoms with E-state index in [9.17, 15) is 4.79 Å². The normalized spacial score (nSPS) is 17.5. The first kappa shape index (κ1) is 17.6. The van der Waals surface area contributed by atoms with E-state index in [0.717, 1.165) is 12.0 Å². The summed E-state index contributed by atoms with van der Waals surface area (Å²) in [5.41, 5.74) is 1.62. The Hall–Kier alpha value is -2.78. The highest BCUT2D eigenvalue weighted by molar-refractivity contribution is 7.10. The lowest BCUT2D eigenvalue weighted by molar-refractivity contribution is 0.0442. The summed E-state index contributed by atoms with van der Waals surface area (Å²) >= 11 is 1.18. The lowest BCUT2D eigenvalue weighted by Gasteiger charge is -2.24. The smallest absolute Gasteiger partial charge is 0.322 e. The average molecular weight is 384 g/mol. The SMILES string of the molecule is O=C(Nc1snnc1-c1ccccc1)N1CCCO[C@H](Cn2cccn2)C1. The first-order valence-electron chi connectivity index (χ1n) is 8.82. The van der Waals surface area contributed by atoms with Crippen molar-refractivity contribution >= 4 is 22.6 Å². The molecule has 0 saturated carbocycles. The standard InChI is InChI=1S/C18H20N6O2S/c25-18(20-17-16(21-22-27-17)14-6-2-1-3-7-14)23-9-5-11-26-15(12-23)13-24-10-4-8-19-24/h1-4,6-8,10,15H,5,9,11-13H2,(H,20,25)/t15-/m0/s1. The quantitative estimate of drug-likeness (QED) is 0.748. The van der Waals surface area contributed by atoms with Gasteiger partial charge in [0.25, 0.3) is 0 Å². The summed E-state index contributed by atoms with van der Waals surface area (Å²) in [6.45, 7) is 2.41. The van der Waals surface area contributed by atoms with Gasteiger partial charge in [0.15, 0.2) is 0 Å². The van der Waals surface area contributed by atoms with Gasteiger partial charge in [-0.1, -0.05) is 34.8 Å². The van der Waals surface area contributed by atoms with Crippen molar-refractivity contribution < 1.29 is 9.53 Å². The van der Waals surface area contributed by atoms with E-state index in [2.05, 4.69) is 20.0 Å². The molecule has 3 heterocycles. The Labute approximate surface area is 160 Å². The van der Waals surface area contributed by atoms with Gasteiger partial charge in [-0.2, -0.15) is 5.10 Å². The topological polar surface area (TPSA) is 85.2 Å². The zero-order chi connectivity index (χ0) is 18.5. The van der Waals surface area contributed by atoms with Crippen molar-refractivity contribution in [2.45, 2.75) is 19.1 Å². The summed E-state index contributed by atoms with van der Waals surface area (Å²) in [5.74, 6) is 0. The van der Waals surface area contributed by atoms with E-state index < -0.39 is 0 Å². The number of nitrogens with zero attached hydrogens (tertiary/aromatic N) is 5. The highest BCUT2D eigenvalue weighted by atomic mass is 32.1. The molecule has 3 aromatic rings. The molecule has 0 spiro atoms. The van der Waals surface area contributed by atoms with Crippen LogP contribution in [-0.4, -0.2) is 56.1 Å². The van der Waals surface area contributed by atoms with Crippen LogP contribution in [0.4, 0.5) is 9.80 Å². The number of hydrogen-bond acceptors (Lipinski definition) is 6. The van der Waals surface area contributed by atoms with Gasteiger partial charge in [0.2, 0.25) is 0 Å². The van der Waals surface area contributed by atoms with E-state index in [1.54, 1.807) is 11.1 Å². The van der Waals surface area contributed by atoms with Gasteiger partial charge in [0, 0.05) is 42.6 Å². The molecule has 27 heavy (non-hydrogen) atoms. The van der Waals surface area contributed by atoms with E-state index in [1.807, 2.05) is 47.3 Å². The van der Waals surface area contributed by atoms with Crippen LogP contribution in [0.5, 0.6) is 0 Å². The van der Waals surface area contributed by atoms with Crippen LogP contribution in [0.1, 0.15) is 6.42 Å². The Morgan fingerprint density at radius 2 is 2.19 bits per heavy atom. The molecule has 1 aliphatic rings. The van der Waals surface area contributed by atoms with Crippen LogP contribution in [0, 0.1) is 0 Å². The molecule has 4 rings (SSSR count). The molecule has 2 aromatic heterocycles. The maximum atomic E-state index is 12.8. The number of amides is 2. The summed E-state index contributed by atoms with van der Waals surface area (Å²) in [6.07, 6.45) is 4.35. The molecule has 0 unspecified atom stereocenters. The fourth-order valence-corrected chi connectivity index (χ4v) is 3.62. The third kappa shape index (κ3) is 4.32. The summed E-state index contributed by atoms with van der Waals surface area (Å²) in [7, 11) is 0.